The van der Waals surface area contributed by atoms with Gasteiger partial charge in [-0.05, 0) is 17.5 Å². The largest absolute Gasteiger partial charge is 0.385 e. The van der Waals surface area contributed by atoms with E-state index in [1.165, 1.54) is 0 Å². The highest BCUT2D eigenvalue weighted by atomic mass is 14.8. The lowest BCUT2D eigenvalue weighted by Gasteiger charge is -1.99. The molecule has 0 aliphatic heterocycles. The lowest BCUT2D eigenvalue weighted by Crippen LogP contribution is -1.86. The van der Waals surface area contributed by atoms with Gasteiger partial charge in [-0.1, -0.05) is 24.3 Å². The predicted octanol–water partition coefficient (Wildman–Crippen LogP) is 4.25. The van der Waals surface area contributed by atoms with Crippen LogP contribution in [0.4, 0.5) is 11.4 Å². The van der Waals surface area contributed by atoms with E-state index in [0.29, 0.717) is 11.4 Å². The summed E-state index contributed by atoms with van der Waals surface area (Å²) in [7, 11) is 0. The van der Waals surface area contributed by atoms with Crippen LogP contribution in [-0.4, -0.2) is 0 Å². The van der Waals surface area contributed by atoms with Crippen molar-refractivity contribution in [1.29, 1.82) is 10.8 Å². The maximum Gasteiger partial charge on any atom is 0.385 e. The van der Waals surface area contributed by atoms with Crippen LogP contribution in [0.3, 0.4) is 0 Å². The number of hydrogen-bond acceptors (Lipinski definition) is 2. The van der Waals surface area contributed by atoms with Crippen molar-refractivity contribution in [2.75, 3.05) is 0 Å². The highest BCUT2D eigenvalue weighted by molar-refractivity contribution is 5.47. The Hall–Kier alpha value is -2.72. The Kier molecular flexibility index (Phi) is 3.09. The summed E-state index contributed by atoms with van der Waals surface area (Å²) in [4.78, 5) is 6.20. The molecule has 0 atom stereocenters. The van der Waals surface area contributed by atoms with Crippen LogP contribution in [0.25, 0.3) is 9.95 Å². The van der Waals surface area contributed by atoms with E-state index in [9.17, 15) is 0 Å². The first kappa shape index (κ1) is 10.8. The summed E-state index contributed by atoms with van der Waals surface area (Å²) in [5, 5.41) is 17.1. The summed E-state index contributed by atoms with van der Waals surface area (Å²) in [6.07, 6.45) is 0.789. The summed E-state index contributed by atoms with van der Waals surface area (Å²) in [5.41, 5.74) is 3.35. The van der Waals surface area contributed by atoms with Crippen molar-refractivity contribution in [1.82, 2.24) is 0 Å². The van der Waals surface area contributed by atoms with E-state index >= 15 is 0 Å². The molecule has 0 heterocycles. The lowest BCUT2D eigenvalue weighted by molar-refractivity contribution is 1.19. The molecule has 0 saturated heterocycles. The van der Waals surface area contributed by atoms with Crippen LogP contribution in [0.15, 0.2) is 48.5 Å². The molecule has 0 amide bonds. The van der Waals surface area contributed by atoms with Gasteiger partial charge in [0.25, 0.3) is 0 Å². The van der Waals surface area contributed by atoms with E-state index in [2.05, 4.69) is 9.95 Å². The summed E-state index contributed by atoms with van der Waals surface area (Å²) >= 11 is 0. The number of rotatable bonds is 2. The van der Waals surface area contributed by atoms with Gasteiger partial charge >= 0.3 is 11.4 Å². The van der Waals surface area contributed by atoms with Crippen molar-refractivity contribution in [3.05, 3.63) is 69.6 Å². The van der Waals surface area contributed by atoms with Crippen molar-refractivity contribution in [3.8, 4) is 0 Å². The first-order chi connectivity index (χ1) is 8.31. The predicted molar refractivity (Wildman–Crippen MR) is 65.2 cm³/mol. The zero-order valence-corrected chi connectivity index (χ0v) is 9.11. The molecule has 80 valence electrons. The minimum absolute atomic E-state index is 0.545. The fraction of sp³-hybridized carbons (Fsp3) is 0.0769. The number of benzene rings is 2. The molecule has 0 spiro atoms. The Bertz CT molecular complexity index is 530. The molecule has 0 unspecified atom stereocenters. The Morgan fingerprint density at radius 2 is 1.00 bits per heavy atom. The van der Waals surface area contributed by atoms with E-state index in [0.717, 1.165) is 17.5 Å². The van der Waals surface area contributed by atoms with Gasteiger partial charge in [-0.25, -0.2) is 0 Å². The second-order valence-corrected chi connectivity index (χ2v) is 3.71. The van der Waals surface area contributed by atoms with Crippen molar-refractivity contribution in [3.63, 3.8) is 0 Å². The van der Waals surface area contributed by atoms with E-state index in [1.54, 1.807) is 24.3 Å². The van der Waals surface area contributed by atoms with E-state index < -0.39 is 0 Å². The number of hydrogen-bond donors (Lipinski definition) is 0. The quantitative estimate of drug-likeness (QED) is 0.713. The van der Waals surface area contributed by atoms with Crippen LogP contribution >= 0.6 is 0 Å². The van der Waals surface area contributed by atoms with Gasteiger partial charge in [0.2, 0.25) is 10.8 Å². The molecule has 0 bridgehead atoms. The highest BCUT2D eigenvalue weighted by Gasteiger charge is 2.05. The van der Waals surface area contributed by atoms with Gasteiger partial charge in [-0.2, -0.15) is 0 Å². The Morgan fingerprint density at radius 3 is 1.29 bits per heavy atom. The summed E-state index contributed by atoms with van der Waals surface area (Å²) in [5.74, 6) is 0. The molecule has 0 radical (unpaired) electrons. The van der Waals surface area contributed by atoms with Crippen LogP contribution < -0.4 is 0 Å². The first-order valence-corrected chi connectivity index (χ1v) is 5.20. The topological polar surface area (TPSA) is 56.3 Å². The Morgan fingerprint density at radius 1 is 0.647 bits per heavy atom. The van der Waals surface area contributed by atoms with Crippen molar-refractivity contribution in [2.24, 2.45) is 0 Å². The molecular weight excluding hydrogens is 212 g/mol. The van der Waals surface area contributed by atoms with Gasteiger partial charge in [0.05, 0.1) is 0 Å². The van der Waals surface area contributed by atoms with Gasteiger partial charge in [-0.15, -0.1) is 0 Å². The summed E-state index contributed by atoms with van der Waals surface area (Å²) < 4.78 is 0. The molecule has 4 nitrogen and oxygen atoms in total. The smallest absolute Gasteiger partial charge is 0.0507 e. The molecule has 2 aromatic carbocycles. The fourth-order valence-electron chi connectivity index (χ4n) is 1.60. The number of diazo groups is 2. The van der Waals surface area contributed by atoms with Gasteiger partial charge in [-0.3, -0.25) is 0 Å². The molecule has 4 heteroatoms. The third-order valence-corrected chi connectivity index (χ3v) is 2.51. The van der Waals surface area contributed by atoms with Gasteiger partial charge in [0, 0.05) is 24.3 Å². The highest BCUT2D eigenvalue weighted by Crippen LogP contribution is 2.18. The summed E-state index contributed by atoms with van der Waals surface area (Å²) in [6, 6.07) is 14.7. The van der Waals surface area contributed by atoms with E-state index in [1.807, 2.05) is 24.3 Å². The lowest BCUT2D eigenvalue weighted by atomic mass is 10.0. The molecule has 0 fully saturated rings. The minimum atomic E-state index is 0.545. The molecule has 2 rings (SSSR count). The maximum atomic E-state index is 8.57. The molecular formula is C13H10N4+2. The SMILES string of the molecule is N#[N+]c1ccc(Cc2ccc([N+]#N)cc2)cc1. The normalized spacial score (nSPS) is 9.29. The number of nitrogens with zero attached hydrogens (tertiary/aromatic N) is 4. The second kappa shape index (κ2) is 4.87. The Labute approximate surface area is 98.8 Å². The average molecular weight is 222 g/mol. The fourth-order valence-corrected chi connectivity index (χ4v) is 1.60. The van der Waals surface area contributed by atoms with Crippen LogP contribution in [0.2, 0.25) is 0 Å². The van der Waals surface area contributed by atoms with Crippen LogP contribution in [0.5, 0.6) is 0 Å². The van der Waals surface area contributed by atoms with Crippen LogP contribution in [-0.2, 0) is 6.42 Å². The van der Waals surface area contributed by atoms with Crippen LogP contribution in [0.1, 0.15) is 11.1 Å². The zero-order chi connectivity index (χ0) is 12.1. The van der Waals surface area contributed by atoms with Gasteiger partial charge in [0.1, 0.15) is 0 Å². The molecule has 17 heavy (non-hydrogen) atoms. The maximum absolute atomic E-state index is 8.57. The Balaban J connectivity index is 2.14. The summed E-state index contributed by atoms with van der Waals surface area (Å²) in [6.45, 7) is 0. The van der Waals surface area contributed by atoms with E-state index in [-0.39, 0.29) is 0 Å². The molecule has 0 aliphatic carbocycles. The molecule has 0 N–H and O–H groups in total. The second-order valence-electron chi connectivity index (χ2n) is 3.71. The minimum Gasteiger partial charge on any atom is -0.0507 e. The average Bonchev–Trinajstić information content (AvgIpc) is 2.40. The standard InChI is InChI=1S/C13H10N4/c14-16-12-5-1-10(2-6-12)9-11-3-7-13(17-15)8-4-11/h1-8H,9H2/q+2. The molecule has 2 aromatic rings. The third-order valence-electron chi connectivity index (χ3n) is 2.51. The third kappa shape index (κ3) is 2.64. The molecule has 0 saturated carbocycles. The van der Waals surface area contributed by atoms with Gasteiger partial charge in [0.15, 0.2) is 9.95 Å². The van der Waals surface area contributed by atoms with Gasteiger partial charge < -0.3 is 0 Å². The van der Waals surface area contributed by atoms with Crippen LogP contribution in [0, 0.1) is 10.8 Å². The van der Waals surface area contributed by atoms with Crippen molar-refractivity contribution >= 4 is 11.4 Å². The monoisotopic (exact) mass is 222 g/mol. The van der Waals surface area contributed by atoms with Crippen molar-refractivity contribution in [2.45, 2.75) is 6.42 Å². The van der Waals surface area contributed by atoms with Crippen molar-refractivity contribution < 1.29 is 0 Å². The molecule has 0 aromatic heterocycles. The first-order valence-electron chi connectivity index (χ1n) is 5.20. The van der Waals surface area contributed by atoms with E-state index in [4.69, 9.17) is 10.8 Å². The molecule has 0 aliphatic rings. The zero-order valence-electron chi connectivity index (χ0n) is 9.11.